The van der Waals surface area contributed by atoms with Crippen LogP contribution < -0.4 is 10.1 Å². The number of hydrogen-bond acceptors (Lipinski definition) is 2. The molecule has 1 N–H and O–H groups in total. The molecule has 24 heavy (non-hydrogen) atoms. The third kappa shape index (κ3) is 3.55. The van der Waals surface area contributed by atoms with Gasteiger partial charge in [0.05, 0.1) is 13.2 Å². The maximum Gasteiger partial charge on any atom is 0.317 e. The second-order valence-corrected chi connectivity index (χ2v) is 6.26. The van der Waals surface area contributed by atoms with Crippen LogP contribution in [0.3, 0.4) is 0 Å². The summed E-state index contributed by atoms with van der Waals surface area (Å²) in [4.78, 5) is 14.5. The van der Waals surface area contributed by atoms with Crippen LogP contribution in [-0.2, 0) is 0 Å². The molecule has 2 heterocycles. The molecule has 1 aromatic carbocycles. The van der Waals surface area contributed by atoms with Gasteiger partial charge in [0.25, 0.3) is 0 Å². The molecule has 1 saturated heterocycles. The Balaban J connectivity index is 1.56. The maximum atomic E-state index is 12.5. The molecular weight excluding hydrogens is 302 g/mol. The fraction of sp³-hybridized carbons (Fsp3) is 0.421. The van der Waals surface area contributed by atoms with Gasteiger partial charge in [-0.3, -0.25) is 0 Å². The van der Waals surface area contributed by atoms with Gasteiger partial charge >= 0.3 is 6.03 Å². The smallest absolute Gasteiger partial charge is 0.317 e. The second kappa shape index (κ2) is 7.43. The molecule has 128 valence electrons. The van der Waals surface area contributed by atoms with E-state index in [1.165, 1.54) is 0 Å². The van der Waals surface area contributed by atoms with Gasteiger partial charge in [-0.05, 0) is 38.0 Å². The van der Waals surface area contributed by atoms with Crippen LogP contribution in [0.15, 0.2) is 48.8 Å². The number of aromatic nitrogens is 1. The Bertz CT molecular complexity index is 661. The Labute approximate surface area is 143 Å². The molecule has 3 rings (SSSR count). The van der Waals surface area contributed by atoms with Crippen LogP contribution in [0.25, 0.3) is 0 Å². The number of amides is 2. The van der Waals surface area contributed by atoms with E-state index in [-0.39, 0.29) is 12.1 Å². The molecule has 1 aliphatic rings. The molecule has 0 unspecified atom stereocenters. The Morgan fingerprint density at radius 3 is 2.50 bits per heavy atom. The number of urea groups is 1. The van der Waals surface area contributed by atoms with Crippen LogP contribution in [0.5, 0.6) is 5.75 Å². The maximum absolute atomic E-state index is 12.5. The molecule has 0 aliphatic carbocycles. The average Bonchev–Trinajstić information content (AvgIpc) is 3.16. The summed E-state index contributed by atoms with van der Waals surface area (Å²) >= 11 is 0. The van der Waals surface area contributed by atoms with E-state index in [2.05, 4.69) is 22.3 Å². The Morgan fingerprint density at radius 2 is 1.83 bits per heavy atom. The first-order chi connectivity index (χ1) is 11.7. The highest BCUT2D eigenvalue weighted by Gasteiger charge is 2.24. The monoisotopic (exact) mass is 327 g/mol. The molecule has 0 radical (unpaired) electrons. The van der Waals surface area contributed by atoms with E-state index in [1.807, 2.05) is 48.2 Å². The van der Waals surface area contributed by atoms with Gasteiger partial charge in [0.2, 0.25) is 0 Å². The second-order valence-electron chi connectivity index (χ2n) is 6.26. The van der Waals surface area contributed by atoms with E-state index in [0.717, 1.165) is 37.2 Å². The van der Waals surface area contributed by atoms with Crippen molar-refractivity contribution in [1.82, 2.24) is 14.8 Å². The number of nitrogens with one attached hydrogen (secondary N) is 1. The lowest BCUT2D eigenvalue weighted by molar-refractivity contribution is 0.169. The minimum absolute atomic E-state index is 0.000591. The first-order valence-corrected chi connectivity index (χ1v) is 8.50. The number of ether oxygens (including phenoxy) is 1. The van der Waals surface area contributed by atoms with E-state index >= 15 is 0 Å². The van der Waals surface area contributed by atoms with Crippen molar-refractivity contribution in [3.63, 3.8) is 0 Å². The first kappa shape index (κ1) is 16.4. The number of likely N-dealkylation sites (tertiary alicyclic amines) is 1. The molecule has 0 saturated carbocycles. The van der Waals surface area contributed by atoms with Crippen LogP contribution in [0.4, 0.5) is 4.79 Å². The number of piperidine rings is 1. The minimum Gasteiger partial charge on any atom is -0.496 e. The highest BCUT2D eigenvalue weighted by molar-refractivity contribution is 5.75. The van der Waals surface area contributed by atoms with Crippen molar-refractivity contribution < 1.29 is 9.53 Å². The number of rotatable bonds is 4. The normalized spacial score (nSPS) is 16.7. The summed E-state index contributed by atoms with van der Waals surface area (Å²) in [5.41, 5.74) is 0.996. The van der Waals surface area contributed by atoms with Crippen molar-refractivity contribution in [3.8, 4) is 5.75 Å². The lowest BCUT2D eigenvalue weighted by atomic mass is 10.0. The van der Waals surface area contributed by atoms with E-state index in [9.17, 15) is 4.79 Å². The molecule has 2 aromatic rings. The zero-order chi connectivity index (χ0) is 16.9. The summed E-state index contributed by atoms with van der Waals surface area (Å²) in [5.74, 6) is 0.802. The lowest BCUT2D eigenvalue weighted by Crippen LogP contribution is -2.45. The Kier molecular flexibility index (Phi) is 5.08. The molecular formula is C19H25N3O2. The number of carbonyl (C=O) groups is 1. The standard InChI is InChI=1S/C19H25N3O2/c1-15(17-7-3-4-8-18(17)24-2)20-19(23)22-13-9-16(10-14-22)21-11-5-6-12-21/h3-8,11-12,15-16H,9-10,13-14H2,1-2H3,(H,20,23)/t15-/m0/s1. The predicted molar refractivity (Wildman–Crippen MR) is 94.2 cm³/mol. The van der Waals surface area contributed by atoms with E-state index in [4.69, 9.17) is 4.74 Å². The highest BCUT2D eigenvalue weighted by Crippen LogP contribution is 2.26. The number of para-hydroxylation sites is 1. The Hall–Kier alpha value is -2.43. The quantitative estimate of drug-likeness (QED) is 0.932. The molecule has 1 fully saturated rings. The molecule has 0 spiro atoms. The fourth-order valence-electron chi connectivity index (χ4n) is 3.34. The molecule has 5 nitrogen and oxygen atoms in total. The van der Waals surface area contributed by atoms with Crippen molar-refractivity contribution in [3.05, 3.63) is 54.4 Å². The molecule has 0 bridgehead atoms. The summed E-state index contributed by atoms with van der Waals surface area (Å²) < 4.78 is 7.62. The molecule has 1 aromatic heterocycles. The van der Waals surface area contributed by atoms with E-state index in [0.29, 0.717) is 6.04 Å². The number of nitrogens with zero attached hydrogens (tertiary/aromatic N) is 2. The van der Waals surface area contributed by atoms with Crippen molar-refractivity contribution >= 4 is 6.03 Å². The van der Waals surface area contributed by atoms with E-state index < -0.39 is 0 Å². The van der Waals surface area contributed by atoms with Crippen LogP contribution in [0, 0.1) is 0 Å². The largest absolute Gasteiger partial charge is 0.496 e. The third-order valence-electron chi connectivity index (χ3n) is 4.75. The SMILES string of the molecule is COc1ccccc1[C@H](C)NC(=O)N1CCC(n2cccc2)CC1. The minimum atomic E-state index is -0.0872. The topological polar surface area (TPSA) is 46.5 Å². The molecule has 2 amide bonds. The predicted octanol–water partition coefficient (Wildman–Crippen LogP) is 3.60. The summed E-state index contributed by atoms with van der Waals surface area (Å²) in [6, 6.07) is 12.3. The number of hydrogen-bond donors (Lipinski definition) is 1. The Morgan fingerprint density at radius 1 is 1.17 bits per heavy atom. The highest BCUT2D eigenvalue weighted by atomic mass is 16.5. The number of benzene rings is 1. The summed E-state index contributed by atoms with van der Waals surface area (Å²) in [5, 5.41) is 3.09. The number of carbonyl (C=O) groups excluding carboxylic acids is 1. The van der Waals surface area contributed by atoms with Gasteiger partial charge in [-0.25, -0.2) is 4.79 Å². The van der Waals surface area contributed by atoms with Crippen molar-refractivity contribution in [2.75, 3.05) is 20.2 Å². The van der Waals surface area contributed by atoms with Gasteiger partial charge in [-0.15, -0.1) is 0 Å². The average molecular weight is 327 g/mol. The molecule has 1 aliphatic heterocycles. The third-order valence-corrected chi connectivity index (χ3v) is 4.75. The van der Waals surface area contributed by atoms with Gasteiger partial charge in [0, 0.05) is 37.1 Å². The molecule has 5 heteroatoms. The summed E-state index contributed by atoms with van der Waals surface area (Å²) in [6.07, 6.45) is 6.19. The van der Waals surface area contributed by atoms with Crippen molar-refractivity contribution in [2.45, 2.75) is 31.8 Å². The first-order valence-electron chi connectivity index (χ1n) is 8.50. The lowest BCUT2D eigenvalue weighted by Gasteiger charge is -2.33. The van der Waals surface area contributed by atoms with Crippen molar-refractivity contribution in [1.29, 1.82) is 0 Å². The van der Waals surface area contributed by atoms with Gasteiger partial charge in [-0.2, -0.15) is 0 Å². The van der Waals surface area contributed by atoms with Crippen LogP contribution in [0.1, 0.15) is 37.4 Å². The van der Waals surface area contributed by atoms with E-state index in [1.54, 1.807) is 7.11 Å². The van der Waals surface area contributed by atoms with Gasteiger partial charge in [0.15, 0.2) is 0 Å². The van der Waals surface area contributed by atoms with Crippen LogP contribution >= 0.6 is 0 Å². The summed E-state index contributed by atoms with van der Waals surface area (Å²) in [7, 11) is 1.65. The van der Waals surface area contributed by atoms with Gasteiger partial charge in [-0.1, -0.05) is 18.2 Å². The number of methoxy groups -OCH3 is 1. The van der Waals surface area contributed by atoms with Gasteiger partial charge < -0.3 is 19.5 Å². The van der Waals surface area contributed by atoms with Gasteiger partial charge in [0.1, 0.15) is 5.75 Å². The van der Waals surface area contributed by atoms with Crippen LogP contribution in [-0.4, -0.2) is 35.7 Å². The zero-order valence-electron chi connectivity index (χ0n) is 14.3. The fourth-order valence-corrected chi connectivity index (χ4v) is 3.34. The van der Waals surface area contributed by atoms with Crippen LogP contribution in [0.2, 0.25) is 0 Å². The summed E-state index contributed by atoms with van der Waals surface area (Å²) in [6.45, 7) is 3.56. The zero-order valence-corrected chi connectivity index (χ0v) is 14.3. The van der Waals surface area contributed by atoms with Crippen molar-refractivity contribution in [2.24, 2.45) is 0 Å². The molecule has 1 atom stereocenters.